The van der Waals surface area contributed by atoms with Gasteiger partial charge >= 0.3 is 0 Å². The van der Waals surface area contributed by atoms with Gasteiger partial charge in [0, 0.05) is 17.3 Å². The summed E-state index contributed by atoms with van der Waals surface area (Å²) in [5, 5.41) is 6.12. The summed E-state index contributed by atoms with van der Waals surface area (Å²) in [6.45, 7) is 0.0960. The standard InChI is InChI=1S/C23H19Cl2N3O4S2/c24-16-5-10-21(19(25)13-16)32-14-22(29)27-23(33)26-17-6-8-18(9-7-17)34(30,31)28-12-11-15-3-1-2-4-20(15)28/h1-10,13H,11-12,14H2,(H2,26,27,29,33). The molecule has 0 saturated carbocycles. The number of amides is 1. The van der Waals surface area contributed by atoms with Crippen LogP contribution in [0.5, 0.6) is 5.75 Å². The van der Waals surface area contributed by atoms with Crippen LogP contribution in [0.25, 0.3) is 0 Å². The van der Waals surface area contributed by atoms with Crippen LogP contribution in [-0.2, 0) is 21.2 Å². The second kappa shape index (κ2) is 10.2. The van der Waals surface area contributed by atoms with E-state index in [0.29, 0.717) is 35.1 Å². The Hall–Kier alpha value is -2.85. The highest BCUT2D eigenvalue weighted by molar-refractivity contribution is 7.92. The lowest BCUT2D eigenvalue weighted by Gasteiger charge is -2.19. The van der Waals surface area contributed by atoms with Gasteiger partial charge in [-0.25, -0.2) is 8.42 Å². The van der Waals surface area contributed by atoms with Gasteiger partial charge in [-0.15, -0.1) is 0 Å². The first-order valence-electron chi connectivity index (χ1n) is 10.1. The Morgan fingerprint density at radius 3 is 2.53 bits per heavy atom. The minimum Gasteiger partial charge on any atom is -0.482 e. The Bertz CT molecular complexity index is 1350. The second-order valence-corrected chi connectivity index (χ2v) is 10.5. The second-order valence-electron chi connectivity index (χ2n) is 7.35. The highest BCUT2D eigenvalue weighted by Crippen LogP contribution is 2.33. The normalized spacial score (nSPS) is 12.7. The number of fused-ring (bicyclic) bond motifs is 1. The maximum absolute atomic E-state index is 13.1. The Labute approximate surface area is 212 Å². The van der Waals surface area contributed by atoms with Crippen LogP contribution in [0, 0.1) is 0 Å². The van der Waals surface area contributed by atoms with E-state index >= 15 is 0 Å². The minimum absolute atomic E-state index is 0.0416. The van der Waals surface area contributed by atoms with Gasteiger partial charge in [-0.3, -0.25) is 14.4 Å². The van der Waals surface area contributed by atoms with Crippen molar-refractivity contribution < 1.29 is 17.9 Å². The van der Waals surface area contributed by atoms with Crippen molar-refractivity contribution in [3.63, 3.8) is 0 Å². The molecule has 34 heavy (non-hydrogen) atoms. The summed E-state index contributed by atoms with van der Waals surface area (Å²) in [5.74, 6) is -0.173. The van der Waals surface area contributed by atoms with Gasteiger partial charge in [0.1, 0.15) is 5.75 Å². The van der Waals surface area contributed by atoms with E-state index < -0.39 is 15.9 Å². The molecule has 0 aliphatic carbocycles. The van der Waals surface area contributed by atoms with Gasteiger partial charge in [0.25, 0.3) is 15.9 Å². The lowest BCUT2D eigenvalue weighted by Crippen LogP contribution is -2.37. The summed E-state index contributed by atoms with van der Waals surface area (Å²) < 4.78 is 33.0. The van der Waals surface area contributed by atoms with E-state index in [9.17, 15) is 13.2 Å². The smallest absolute Gasteiger partial charge is 0.264 e. The predicted molar refractivity (Wildman–Crippen MR) is 137 cm³/mol. The van der Waals surface area contributed by atoms with Crippen LogP contribution in [0.2, 0.25) is 10.0 Å². The number of hydrogen-bond donors (Lipinski definition) is 2. The quantitative estimate of drug-likeness (QED) is 0.447. The maximum Gasteiger partial charge on any atom is 0.264 e. The van der Waals surface area contributed by atoms with Gasteiger partial charge in [0.15, 0.2) is 11.7 Å². The average Bonchev–Trinajstić information content (AvgIpc) is 3.24. The zero-order valence-electron chi connectivity index (χ0n) is 17.6. The molecule has 176 valence electrons. The first kappa shape index (κ1) is 24.3. The van der Waals surface area contributed by atoms with Gasteiger partial charge in [0.05, 0.1) is 15.6 Å². The summed E-state index contributed by atoms with van der Waals surface area (Å²) in [4.78, 5) is 12.3. The molecular weight excluding hydrogens is 517 g/mol. The van der Waals surface area contributed by atoms with E-state index in [4.69, 9.17) is 40.2 Å². The fourth-order valence-electron chi connectivity index (χ4n) is 3.46. The molecule has 0 saturated heterocycles. The predicted octanol–water partition coefficient (Wildman–Crippen LogP) is 4.64. The topological polar surface area (TPSA) is 87.7 Å². The third-order valence-corrected chi connectivity index (χ3v) is 7.61. The average molecular weight is 536 g/mol. The molecule has 1 heterocycles. The third-order valence-electron chi connectivity index (χ3n) is 5.05. The number of carbonyl (C=O) groups is 1. The lowest BCUT2D eigenvalue weighted by molar-refractivity contribution is -0.121. The van der Waals surface area contributed by atoms with Crippen LogP contribution in [-0.4, -0.2) is 32.6 Å². The van der Waals surface area contributed by atoms with Crippen LogP contribution >= 0.6 is 35.4 Å². The molecule has 3 aromatic rings. The summed E-state index contributed by atoms with van der Waals surface area (Å²) >= 11 is 17.0. The van der Waals surface area contributed by atoms with Crippen molar-refractivity contribution in [3.05, 3.63) is 82.3 Å². The number of hydrogen-bond acceptors (Lipinski definition) is 5. The molecule has 11 heteroatoms. The van der Waals surface area contributed by atoms with Crippen LogP contribution < -0.4 is 19.7 Å². The Morgan fingerprint density at radius 2 is 1.79 bits per heavy atom. The van der Waals surface area contributed by atoms with E-state index in [1.54, 1.807) is 24.3 Å². The van der Waals surface area contributed by atoms with Gasteiger partial charge in [-0.1, -0.05) is 41.4 Å². The monoisotopic (exact) mass is 535 g/mol. The zero-order valence-corrected chi connectivity index (χ0v) is 20.8. The fourth-order valence-corrected chi connectivity index (χ4v) is 5.65. The Morgan fingerprint density at radius 1 is 1.06 bits per heavy atom. The molecule has 1 amide bonds. The van der Waals surface area contributed by atoms with E-state index in [1.807, 2.05) is 24.3 Å². The fraction of sp³-hybridized carbons (Fsp3) is 0.130. The first-order valence-corrected chi connectivity index (χ1v) is 12.7. The molecule has 1 aliphatic rings. The van der Waals surface area contributed by atoms with Crippen LogP contribution in [0.4, 0.5) is 11.4 Å². The molecule has 1 aliphatic heterocycles. The van der Waals surface area contributed by atoms with Crippen molar-refractivity contribution in [2.24, 2.45) is 0 Å². The third kappa shape index (κ3) is 5.44. The minimum atomic E-state index is -3.69. The number of halogens is 2. The Kier molecular flexibility index (Phi) is 7.27. The number of para-hydroxylation sites is 1. The molecule has 4 rings (SSSR count). The number of carbonyl (C=O) groups excluding carboxylic acids is 1. The van der Waals surface area contributed by atoms with E-state index in [2.05, 4.69) is 10.6 Å². The number of benzene rings is 3. The van der Waals surface area contributed by atoms with E-state index in [-0.39, 0.29) is 21.6 Å². The lowest BCUT2D eigenvalue weighted by atomic mass is 10.2. The zero-order chi connectivity index (χ0) is 24.3. The van der Waals surface area contributed by atoms with Crippen LogP contribution in [0.15, 0.2) is 71.6 Å². The number of nitrogens with one attached hydrogen (secondary N) is 2. The highest BCUT2D eigenvalue weighted by atomic mass is 35.5. The molecule has 0 atom stereocenters. The molecule has 3 aromatic carbocycles. The van der Waals surface area contributed by atoms with E-state index in [1.165, 1.54) is 22.5 Å². The molecule has 2 N–H and O–H groups in total. The number of sulfonamides is 1. The molecule has 0 spiro atoms. The summed E-state index contributed by atoms with van der Waals surface area (Å²) in [6, 6.07) is 18.3. The molecule has 0 fully saturated rings. The molecule has 0 aromatic heterocycles. The molecule has 0 radical (unpaired) electrons. The molecule has 0 bridgehead atoms. The summed E-state index contributed by atoms with van der Waals surface area (Å²) in [7, 11) is -3.69. The number of nitrogens with zero attached hydrogens (tertiary/aromatic N) is 1. The number of thiocarbonyl (C=S) groups is 1. The highest BCUT2D eigenvalue weighted by Gasteiger charge is 2.30. The number of ether oxygens (including phenoxy) is 1. The number of anilines is 2. The van der Waals surface area contributed by atoms with Crippen molar-refractivity contribution in [3.8, 4) is 5.75 Å². The Balaban J connectivity index is 1.33. The van der Waals surface area contributed by atoms with Crippen molar-refractivity contribution in [1.29, 1.82) is 0 Å². The van der Waals surface area contributed by atoms with Gasteiger partial charge in [-0.2, -0.15) is 0 Å². The van der Waals surface area contributed by atoms with Crippen molar-refractivity contribution in [2.75, 3.05) is 22.8 Å². The SMILES string of the molecule is O=C(COc1ccc(Cl)cc1Cl)NC(=S)Nc1ccc(S(=O)(=O)N2CCc3ccccc32)cc1. The number of rotatable bonds is 6. The summed E-state index contributed by atoms with van der Waals surface area (Å²) in [6.07, 6.45) is 0.678. The van der Waals surface area contributed by atoms with Crippen molar-refractivity contribution in [1.82, 2.24) is 5.32 Å². The van der Waals surface area contributed by atoms with Gasteiger partial charge in [-0.05, 0) is 72.7 Å². The maximum atomic E-state index is 13.1. The molecular formula is C23H19Cl2N3O4S2. The van der Waals surface area contributed by atoms with Crippen LogP contribution in [0.1, 0.15) is 5.56 Å². The first-order chi connectivity index (χ1) is 16.2. The largest absolute Gasteiger partial charge is 0.482 e. The van der Waals surface area contributed by atoms with Crippen molar-refractivity contribution in [2.45, 2.75) is 11.3 Å². The summed E-state index contributed by atoms with van der Waals surface area (Å²) in [5.41, 5.74) is 2.23. The van der Waals surface area contributed by atoms with Crippen LogP contribution in [0.3, 0.4) is 0 Å². The molecule has 7 nitrogen and oxygen atoms in total. The van der Waals surface area contributed by atoms with Gasteiger partial charge < -0.3 is 10.1 Å². The molecule has 0 unspecified atom stereocenters. The van der Waals surface area contributed by atoms with E-state index in [0.717, 1.165) is 5.56 Å². The van der Waals surface area contributed by atoms with Gasteiger partial charge in [0.2, 0.25) is 0 Å². The van der Waals surface area contributed by atoms with Crippen molar-refractivity contribution >= 4 is 67.8 Å².